The van der Waals surface area contributed by atoms with Crippen LogP contribution in [0.3, 0.4) is 0 Å². The van der Waals surface area contributed by atoms with Gasteiger partial charge in [0.25, 0.3) is 5.91 Å². The van der Waals surface area contributed by atoms with Gasteiger partial charge in [-0.15, -0.1) is 0 Å². The molecule has 1 aliphatic heterocycles. The Morgan fingerprint density at radius 2 is 2.15 bits per heavy atom. The van der Waals surface area contributed by atoms with Gasteiger partial charge >= 0.3 is 0 Å². The number of para-hydroxylation sites is 1. The zero-order valence-corrected chi connectivity index (χ0v) is 15.2. The lowest BCUT2D eigenvalue weighted by Gasteiger charge is -2.16. The Morgan fingerprint density at radius 3 is 2.93 bits per heavy atom. The number of nitrogens with zero attached hydrogens (tertiary/aromatic N) is 3. The van der Waals surface area contributed by atoms with Crippen molar-refractivity contribution in [2.75, 3.05) is 25.0 Å². The van der Waals surface area contributed by atoms with E-state index in [1.165, 1.54) is 11.0 Å². The maximum atomic E-state index is 12.2. The molecule has 1 aromatic carbocycles. The van der Waals surface area contributed by atoms with Gasteiger partial charge in [-0.05, 0) is 18.6 Å². The average molecular weight is 391 g/mol. The summed E-state index contributed by atoms with van der Waals surface area (Å²) in [5.41, 5.74) is 0. The number of halogens is 1. The lowest BCUT2D eigenvalue weighted by Crippen LogP contribution is -2.35. The van der Waals surface area contributed by atoms with E-state index in [4.69, 9.17) is 21.4 Å². The summed E-state index contributed by atoms with van der Waals surface area (Å²) >= 11 is 6.05. The van der Waals surface area contributed by atoms with Crippen molar-refractivity contribution in [1.82, 2.24) is 14.7 Å². The molecule has 2 heterocycles. The summed E-state index contributed by atoms with van der Waals surface area (Å²) in [6, 6.07) is 8.62. The molecule has 2 aromatic rings. The quantitative estimate of drug-likeness (QED) is 0.714. The van der Waals surface area contributed by atoms with Crippen molar-refractivity contribution in [2.45, 2.75) is 13.0 Å². The molecule has 2 amide bonds. The molecular weight excluding hydrogens is 372 g/mol. The van der Waals surface area contributed by atoms with Gasteiger partial charge in [0.05, 0.1) is 11.6 Å². The van der Waals surface area contributed by atoms with Crippen LogP contribution in [0.5, 0.6) is 5.75 Å². The summed E-state index contributed by atoms with van der Waals surface area (Å²) in [5.74, 6) is 0.612. The summed E-state index contributed by atoms with van der Waals surface area (Å²) in [6.07, 6.45) is 3.64. The van der Waals surface area contributed by atoms with Gasteiger partial charge in [0.1, 0.15) is 18.1 Å². The number of anilines is 1. The topological polar surface area (TPSA) is 96.7 Å². The fourth-order valence-corrected chi connectivity index (χ4v) is 2.72. The minimum atomic E-state index is -0.358. The molecular formula is C18H19ClN4O4. The standard InChI is InChI=1S/C18H19ClN4O4/c19-14-4-1-2-5-15(14)27-13-10-18(26)22(11-13)12-17(25)20-16-6-8-23(21-16)7-3-9-24/h1-2,4-6,8,10,24H,3,7,9,11-12H2,(H,20,21,25). The van der Waals surface area contributed by atoms with E-state index in [1.54, 1.807) is 41.2 Å². The maximum absolute atomic E-state index is 12.2. The highest BCUT2D eigenvalue weighted by Gasteiger charge is 2.25. The number of aliphatic hydroxyl groups is 1. The molecule has 27 heavy (non-hydrogen) atoms. The molecule has 1 aliphatic rings. The van der Waals surface area contributed by atoms with Crippen molar-refractivity contribution in [1.29, 1.82) is 0 Å². The van der Waals surface area contributed by atoms with E-state index in [9.17, 15) is 9.59 Å². The number of aliphatic hydroxyl groups excluding tert-OH is 1. The van der Waals surface area contributed by atoms with Gasteiger partial charge < -0.3 is 20.1 Å². The van der Waals surface area contributed by atoms with Crippen LogP contribution in [-0.4, -0.2) is 51.3 Å². The molecule has 0 unspecified atom stereocenters. The first-order valence-electron chi connectivity index (χ1n) is 8.41. The third kappa shape index (κ3) is 5.08. The molecule has 0 saturated heterocycles. The van der Waals surface area contributed by atoms with Crippen molar-refractivity contribution in [3.63, 3.8) is 0 Å². The summed E-state index contributed by atoms with van der Waals surface area (Å²) in [4.78, 5) is 25.6. The van der Waals surface area contributed by atoms with Gasteiger partial charge in [-0.2, -0.15) is 5.10 Å². The maximum Gasteiger partial charge on any atom is 0.250 e. The number of amides is 2. The van der Waals surface area contributed by atoms with Crippen LogP contribution >= 0.6 is 11.6 Å². The van der Waals surface area contributed by atoms with Crippen LogP contribution in [0, 0.1) is 0 Å². The van der Waals surface area contributed by atoms with Gasteiger partial charge in [0.15, 0.2) is 5.82 Å². The number of rotatable bonds is 8. The highest BCUT2D eigenvalue weighted by atomic mass is 35.5. The van der Waals surface area contributed by atoms with Gasteiger partial charge in [0, 0.05) is 31.5 Å². The van der Waals surface area contributed by atoms with Gasteiger partial charge in [-0.3, -0.25) is 14.3 Å². The Bertz CT molecular complexity index is 865. The molecule has 2 N–H and O–H groups in total. The monoisotopic (exact) mass is 390 g/mol. The Morgan fingerprint density at radius 1 is 1.33 bits per heavy atom. The molecule has 9 heteroatoms. The Labute approximate surface area is 161 Å². The van der Waals surface area contributed by atoms with E-state index < -0.39 is 0 Å². The first-order valence-corrected chi connectivity index (χ1v) is 8.79. The van der Waals surface area contributed by atoms with Crippen LogP contribution in [0.15, 0.2) is 48.4 Å². The van der Waals surface area contributed by atoms with Crippen molar-refractivity contribution in [3.05, 3.63) is 53.4 Å². The Kier molecular flexibility index (Phi) is 6.10. The van der Waals surface area contributed by atoms with Crippen LogP contribution in [0.25, 0.3) is 0 Å². The molecule has 0 saturated carbocycles. The summed E-state index contributed by atoms with van der Waals surface area (Å²) in [6.45, 7) is 0.699. The van der Waals surface area contributed by atoms with Crippen molar-refractivity contribution >= 4 is 29.2 Å². The fourth-order valence-electron chi connectivity index (χ4n) is 2.55. The van der Waals surface area contributed by atoms with Crippen molar-refractivity contribution in [2.24, 2.45) is 0 Å². The molecule has 142 valence electrons. The Hall–Kier alpha value is -2.84. The highest BCUT2D eigenvalue weighted by Crippen LogP contribution is 2.26. The van der Waals surface area contributed by atoms with E-state index in [-0.39, 0.29) is 31.5 Å². The van der Waals surface area contributed by atoms with Crippen LogP contribution < -0.4 is 10.1 Å². The summed E-state index contributed by atoms with van der Waals surface area (Å²) in [5, 5.41) is 16.1. The number of aryl methyl sites for hydroxylation is 1. The normalized spacial score (nSPS) is 13.6. The number of carbonyl (C=O) groups excluding carboxylic acids is 2. The zero-order valence-electron chi connectivity index (χ0n) is 14.5. The number of aromatic nitrogens is 2. The second kappa shape index (κ2) is 8.70. The SMILES string of the molecule is O=C(CN1CC(Oc2ccccc2Cl)=CC1=O)Nc1ccn(CCCO)n1. The van der Waals surface area contributed by atoms with Crippen LogP contribution in [0.1, 0.15) is 6.42 Å². The molecule has 0 bridgehead atoms. The number of benzene rings is 1. The molecule has 0 radical (unpaired) electrons. The van der Waals surface area contributed by atoms with Crippen LogP contribution in [0.4, 0.5) is 5.82 Å². The largest absolute Gasteiger partial charge is 0.458 e. The Balaban J connectivity index is 1.51. The number of hydrogen-bond donors (Lipinski definition) is 2. The molecule has 0 fully saturated rings. The third-order valence-corrected chi connectivity index (χ3v) is 4.12. The molecule has 0 spiro atoms. The molecule has 0 atom stereocenters. The van der Waals surface area contributed by atoms with Crippen molar-refractivity contribution in [3.8, 4) is 5.75 Å². The lowest BCUT2D eigenvalue weighted by atomic mass is 10.3. The van der Waals surface area contributed by atoms with Gasteiger partial charge in [0.2, 0.25) is 5.91 Å². The zero-order chi connectivity index (χ0) is 19.2. The molecule has 1 aromatic heterocycles. The second-order valence-electron chi connectivity index (χ2n) is 5.93. The molecule has 0 aliphatic carbocycles. The number of hydrogen-bond acceptors (Lipinski definition) is 5. The van der Waals surface area contributed by atoms with E-state index in [0.29, 0.717) is 35.3 Å². The van der Waals surface area contributed by atoms with Crippen LogP contribution in [0.2, 0.25) is 5.02 Å². The first kappa shape index (κ1) is 18.9. The average Bonchev–Trinajstić information content (AvgIpc) is 3.21. The van der Waals surface area contributed by atoms with Gasteiger partial charge in [-0.1, -0.05) is 23.7 Å². The fraction of sp³-hybridized carbons (Fsp3) is 0.278. The lowest BCUT2D eigenvalue weighted by molar-refractivity contribution is -0.129. The minimum Gasteiger partial charge on any atom is -0.458 e. The molecule has 8 nitrogen and oxygen atoms in total. The van der Waals surface area contributed by atoms with E-state index in [1.807, 2.05) is 0 Å². The van der Waals surface area contributed by atoms with Crippen LogP contribution in [-0.2, 0) is 16.1 Å². The predicted octanol–water partition coefficient (Wildman–Crippen LogP) is 1.66. The smallest absolute Gasteiger partial charge is 0.250 e. The predicted molar refractivity (Wildman–Crippen MR) is 99.3 cm³/mol. The highest BCUT2D eigenvalue weighted by molar-refractivity contribution is 6.32. The van der Waals surface area contributed by atoms with E-state index in [2.05, 4.69) is 10.4 Å². The number of ether oxygens (including phenoxy) is 1. The number of nitrogens with one attached hydrogen (secondary N) is 1. The first-order chi connectivity index (χ1) is 13.0. The minimum absolute atomic E-state index is 0.0736. The number of carbonyl (C=O) groups is 2. The summed E-state index contributed by atoms with van der Waals surface area (Å²) in [7, 11) is 0. The second-order valence-corrected chi connectivity index (χ2v) is 6.33. The van der Waals surface area contributed by atoms with Crippen molar-refractivity contribution < 1.29 is 19.4 Å². The third-order valence-electron chi connectivity index (χ3n) is 3.81. The molecule has 3 rings (SSSR count). The van der Waals surface area contributed by atoms with Gasteiger partial charge in [-0.25, -0.2) is 0 Å². The summed E-state index contributed by atoms with van der Waals surface area (Å²) < 4.78 is 7.28. The van der Waals surface area contributed by atoms with E-state index in [0.717, 1.165) is 0 Å². The van der Waals surface area contributed by atoms with E-state index >= 15 is 0 Å².